The van der Waals surface area contributed by atoms with E-state index in [0.29, 0.717) is 0 Å². The third-order valence-corrected chi connectivity index (χ3v) is 2.78. The van der Waals surface area contributed by atoms with E-state index in [2.05, 4.69) is 41.5 Å². The van der Waals surface area contributed by atoms with E-state index < -0.39 is 0 Å². The van der Waals surface area contributed by atoms with Crippen LogP contribution in [0.3, 0.4) is 0 Å². The fourth-order valence-electron chi connectivity index (χ4n) is 1.88. The number of hydrogen-bond donors (Lipinski definition) is 1. The lowest BCUT2D eigenvalue weighted by molar-refractivity contribution is 0.746. The summed E-state index contributed by atoms with van der Waals surface area (Å²) in [6, 6.07) is 4.00. The van der Waals surface area contributed by atoms with Crippen molar-refractivity contribution in [1.29, 1.82) is 0 Å². The van der Waals surface area contributed by atoms with Gasteiger partial charge in [-0.3, -0.25) is 4.68 Å². The largest absolute Gasteiger partial charge is 0.366 e. The third kappa shape index (κ3) is 2.64. The first kappa shape index (κ1) is 11.6. The number of aryl methyl sites for hydroxylation is 3. The predicted octanol–water partition coefficient (Wildman–Crippen LogP) is 2.30. The summed E-state index contributed by atoms with van der Waals surface area (Å²) in [5, 5.41) is 7.77. The van der Waals surface area contributed by atoms with Crippen LogP contribution in [0.5, 0.6) is 0 Å². The molecule has 0 radical (unpaired) electrons. The van der Waals surface area contributed by atoms with Gasteiger partial charge in [-0.1, -0.05) is 13.0 Å². The van der Waals surface area contributed by atoms with Crippen LogP contribution in [-0.2, 0) is 20.0 Å². The highest BCUT2D eigenvalue weighted by Crippen LogP contribution is 2.13. The van der Waals surface area contributed by atoms with E-state index in [0.717, 1.165) is 30.0 Å². The molecule has 0 aliphatic rings. The molecule has 2 rings (SSSR count). The van der Waals surface area contributed by atoms with Crippen LogP contribution in [0.15, 0.2) is 24.5 Å². The minimum absolute atomic E-state index is 0.773. The summed E-state index contributed by atoms with van der Waals surface area (Å²) < 4.78 is 1.86. The zero-order chi connectivity index (χ0) is 12.3. The van der Waals surface area contributed by atoms with Gasteiger partial charge in [0.15, 0.2) is 0 Å². The maximum Gasteiger partial charge on any atom is 0.129 e. The second-order valence-corrected chi connectivity index (χ2v) is 4.15. The molecule has 17 heavy (non-hydrogen) atoms. The van der Waals surface area contributed by atoms with Gasteiger partial charge in [-0.2, -0.15) is 5.10 Å². The van der Waals surface area contributed by atoms with Crippen molar-refractivity contribution >= 4 is 5.82 Å². The molecule has 90 valence electrons. The van der Waals surface area contributed by atoms with Crippen molar-refractivity contribution in [3.63, 3.8) is 0 Å². The van der Waals surface area contributed by atoms with Gasteiger partial charge in [0.25, 0.3) is 0 Å². The lowest BCUT2D eigenvalue weighted by Gasteiger charge is -2.07. The van der Waals surface area contributed by atoms with E-state index in [1.165, 1.54) is 5.56 Å². The van der Waals surface area contributed by atoms with Crippen molar-refractivity contribution in [2.75, 3.05) is 5.32 Å². The van der Waals surface area contributed by atoms with E-state index >= 15 is 0 Å². The van der Waals surface area contributed by atoms with Crippen LogP contribution in [-0.4, -0.2) is 14.8 Å². The predicted molar refractivity (Wildman–Crippen MR) is 68.9 cm³/mol. The monoisotopic (exact) mass is 230 g/mol. The van der Waals surface area contributed by atoms with Crippen molar-refractivity contribution in [1.82, 2.24) is 14.8 Å². The summed E-state index contributed by atoms with van der Waals surface area (Å²) in [5.41, 5.74) is 3.54. The number of nitrogens with one attached hydrogen (secondary N) is 1. The van der Waals surface area contributed by atoms with Crippen LogP contribution in [0.25, 0.3) is 0 Å². The first-order valence-corrected chi connectivity index (χ1v) is 5.87. The molecule has 0 spiro atoms. The molecule has 2 aromatic heterocycles. The highest BCUT2D eigenvalue weighted by Gasteiger charge is 2.06. The molecule has 0 saturated carbocycles. The number of aromatic nitrogens is 3. The Labute approximate surface area is 102 Å². The smallest absolute Gasteiger partial charge is 0.129 e. The summed E-state index contributed by atoms with van der Waals surface area (Å²) in [5.74, 6) is 0.943. The van der Waals surface area contributed by atoms with Gasteiger partial charge >= 0.3 is 0 Å². The summed E-state index contributed by atoms with van der Waals surface area (Å²) in [6.45, 7) is 4.95. The van der Waals surface area contributed by atoms with Gasteiger partial charge in [-0.05, 0) is 25.0 Å². The number of rotatable bonds is 4. The normalized spacial score (nSPS) is 10.5. The summed E-state index contributed by atoms with van der Waals surface area (Å²) in [7, 11) is 1.95. The van der Waals surface area contributed by atoms with Crippen molar-refractivity contribution in [3.8, 4) is 0 Å². The van der Waals surface area contributed by atoms with Crippen LogP contribution in [0, 0.1) is 6.92 Å². The lowest BCUT2D eigenvalue weighted by Crippen LogP contribution is -2.03. The Kier molecular flexibility index (Phi) is 3.42. The van der Waals surface area contributed by atoms with E-state index in [1.54, 1.807) is 6.20 Å². The Hall–Kier alpha value is -1.84. The molecule has 0 aliphatic heterocycles. The zero-order valence-electron chi connectivity index (χ0n) is 10.6. The molecule has 1 N–H and O–H groups in total. The number of pyridine rings is 1. The molecule has 4 nitrogen and oxygen atoms in total. The molecule has 0 fully saturated rings. The Bertz CT molecular complexity index is 502. The molecule has 0 amide bonds. The van der Waals surface area contributed by atoms with Crippen LogP contribution < -0.4 is 5.32 Å². The summed E-state index contributed by atoms with van der Waals surface area (Å²) in [6.07, 6.45) is 4.82. The Morgan fingerprint density at radius 2 is 2.24 bits per heavy atom. The molecular weight excluding hydrogens is 212 g/mol. The number of hydrogen-bond acceptors (Lipinski definition) is 3. The maximum absolute atomic E-state index is 4.42. The number of anilines is 1. The van der Waals surface area contributed by atoms with Gasteiger partial charge in [0.2, 0.25) is 0 Å². The molecule has 2 heterocycles. The van der Waals surface area contributed by atoms with E-state index in [9.17, 15) is 0 Å². The summed E-state index contributed by atoms with van der Waals surface area (Å²) in [4.78, 5) is 4.32. The average Bonchev–Trinajstić information content (AvgIpc) is 2.69. The average molecular weight is 230 g/mol. The Morgan fingerprint density at radius 1 is 1.41 bits per heavy atom. The van der Waals surface area contributed by atoms with Gasteiger partial charge in [-0.15, -0.1) is 0 Å². The Morgan fingerprint density at radius 3 is 2.94 bits per heavy atom. The van der Waals surface area contributed by atoms with Gasteiger partial charge < -0.3 is 5.32 Å². The molecular formula is C13H18N4. The molecule has 0 aliphatic carbocycles. The summed E-state index contributed by atoms with van der Waals surface area (Å²) >= 11 is 0. The molecule has 2 aromatic rings. The maximum atomic E-state index is 4.42. The molecule has 0 aromatic carbocycles. The van der Waals surface area contributed by atoms with Gasteiger partial charge in [0.05, 0.1) is 5.69 Å². The molecule has 0 atom stereocenters. The van der Waals surface area contributed by atoms with Crippen LogP contribution >= 0.6 is 0 Å². The van der Waals surface area contributed by atoms with E-state index in [-0.39, 0.29) is 0 Å². The molecule has 4 heteroatoms. The van der Waals surface area contributed by atoms with Crippen LogP contribution in [0.1, 0.15) is 23.7 Å². The SMILES string of the molecule is CCc1nn(C)cc1CNc1ncccc1C. The van der Waals surface area contributed by atoms with E-state index in [1.807, 2.05) is 17.8 Å². The van der Waals surface area contributed by atoms with Crippen molar-refractivity contribution in [2.24, 2.45) is 7.05 Å². The van der Waals surface area contributed by atoms with Gasteiger partial charge in [0, 0.05) is 31.5 Å². The fourth-order valence-corrected chi connectivity index (χ4v) is 1.88. The fraction of sp³-hybridized carbons (Fsp3) is 0.385. The number of nitrogens with zero attached hydrogens (tertiary/aromatic N) is 3. The highest BCUT2D eigenvalue weighted by atomic mass is 15.3. The van der Waals surface area contributed by atoms with Gasteiger partial charge in [-0.25, -0.2) is 4.98 Å². The van der Waals surface area contributed by atoms with Crippen molar-refractivity contribution in [3.05, 3.63) is 41.3 Å². The minimum Gasteiger partial charge on any atom is -0.366 e. The van der Waals surface area contributed by atoms with Gasteiger partial charge in [0.1, 0.15) is 5.82 Å². The first-order chi connectivity index (χ1) is 8.20. The lowest BCUT2D eigenvalue weighted by atomic mass is 10.2. The highest BCUT2D eigenvalue weighted by molar-refractivity contribution is 5.43. The first-order valence-electron chi connectivity index (χ1n) is 5.87. The standard InChI is InChI=1S/C13H18N4/c1-4-12-11(9-17(3)16-12)8-15-13-10(2)6-5-7-14-13/h5-7,9H,4,8H2,1-3H3,(H,14,15). The topological polar surface area (TPSA) is 42.7 Å². The van der Waals surface area contributed by atoms with Crippen molar-refractivity contribution < 1.29 is 0 Å². The second kappa shape index (κ2) is 4.99. The Balaban J connectivity index is 2.09. The van der Waals surface area contributed by atoms with E-state index in [4.69, 9.17) is 0 Å². The molecule has 0 bridgehead atoms. The molecule has 0 unspecified atom stereocenters. The van der Waals surface area contributed by atoms with Crippen LogP contribution in [0.2, 0.25) is 0 Å². The third-order valence-electron chi connectivity index (χ3n) is 2.78. The second-order valence-electron chi connectivity index (χ2n) is 4.15. The van der Waals surface area contributed by atoms with Crippen LogP contribution in [0.4, 0.5) is 5.82 Å². The van der Waals surface area contributed by atoms with Crippen molar-refractivity contribution in [2.45, 2.75) is 26.8 Å². The minimum atomic E-state index is 0.773. The molecule has 0 saturated heterocycles. The quantitative estimate of drug-likeness (QED) is 0.876. The zero-order valence-corrected chi connectivity index (χ0v) is 10.6.